The predicted molar refractivity (Wildman–Crippen MR) is 121 cm³/mol. The molecular formula is C22H19NO5S2. The lowest BCUT2D eigenvalue weighted by atomic mass is 10.1. The van der Waals surface area contributed by atoms with Crippen LogP contribution in [0.3, 0.4) is 0 Å². The van der Waals surface area contributed by atoms with Gasteiger partial charge in [-0.25, -0.2) is 9.59 Å². The molecule has 0 N–H and O–H groups in total. The molecule has 0 spiro atoms. The molecule has 3 aromatic rings. The standard InChI is InChI=1S/C22H19NO5S2/c1-26-16-6-7-17-15(10-20(24)28-19(17)11-16)12-27-21(25)18-5-3-2-4-14(18)13-30-22-23-8-9-29-22/h2-7,10-11H,8-9,12-13H2,1H3. The van der Waals surface area contributed by atoms with Gasteiger partial charge in [0.05, 0.1) is 19.2 Å². The fraction of sp³-hybridized carbons (Fsp3) is 0.227. The van der Waals surface area contributed by atoms with E-state index >= 15 is 0 Å². The van der Waals surface area contributed by atoms with Gasteiger partial charge in [0.15, 0.2) is 0 Å². The molecule has 0 aliphatic carbocycles. The summed E-state index contributed by atoms with van der Waals surface area (Å²) in [6.45, 7) is 0.818. The average Bonchev–Trinajstić information content (AvgIpc) is 3.29. The van der Waals surface area contributed by atoms with Crippen LogP contribution in [0.5, 0.6) is 5.75 Å². The Kier molecular flexibility index (Phi) is 6.44. The maximum atomic E-state index is 12.8. The minimum atomic E-state index is -0.506. The van der Waals surface area contributed by atoms with Crippen molar-refractivity contribution in [2.24, 2.45) is 4.99 Å². The molecule has 0 saturated heterocycles. The van der Waals surface area contributed by atoms with Gasteiger partial charge in [0, 0.05) is 34.6 Å². The molecule has 8 heteroatoms. The molecule has 0 unspecified atom stereocenters. The van der Waals surface area contributed by atoms with Gasteiger partial charge in [0.25, 0.3) is 0 Å². The third-order valence-electron chi connectivity index (χ3n) is 4.54. The molecule has 0 radical (unpaired) electrons. The van der Waals surface area contributed by atoms with Crippen LogP contribution in [0.15, 0.2) is 62.7 Å². The number of hydrogen-bond acceptors (Lipinski definition) is 8. The highest BCUT2D eigenvalue weighted by atomic mass is 32.2. The number of benzene rings is 2. The van der Waals surface area contributed by atoms with Crippen LogP contribution >= 0.6 is 23.5 Å². The van der Waals surface area contributed by atoms with Gasteiger partial charge in [-0.1, -0.05) is 41.7 Å². The maximum Gasteiger partial charge on any atom is 0.338 e. The fourth-order valence-corrected chi connectivity index (χ4v) is 5.08. The van der Waals surface area contributed by atoms with Gasteiger partial charge in [0.2, 0.25) is 0 Å². The zero-order valence-electron chi connectivity index (χ0n) is 16.3. The SMILES string of the molecule is COc1ccc2c(COC(=O)c3ccccc3CSC3=NCCS3)cc(=O)oc2c1. The molecule has 2 aromatic carbocycles. The highest BCUT2D eigenvalue weighted by Crippen LogP contribution is 2.27. The first-order valence-electron chi connectivity index (χ1n) is 9.30. The molecule has 1 aromatic heterocycles. The Hall–Kier alpha value is -2.71. The monoisotopic (exact) mass is 441 g/mol. The van der Waals surface area contributed by atoms with Crippen molar-refractivity contribution >= 4 is 44.8 Å². The second-order valence-corrected chi connectivity index (χ2v) is 8.78. The summed E-state index contributed by atoms with van der Waals surface area (Å²) in [5, 5.41) is 0.698. The lowest BCUT2D eigenvalue weighted by Gasteiger charge is -2.11. The fourth-order valence-electron chi connectivity index (χ4n) is 3.07. The molecule has 0 atom stereocenters. The molecule has 30 heavy (non-hydrogen) atoms. The number of esters is 1. The van der Waals surface area contributed by atoms with E-state index in [0.29, 0.717) is 33.6 Å². The highest BCUT2D eigenvalue weighted by Gasteiger charge is 2.16. The van der Waals surface area contributed by atoms with E-state index in [2.05, 4.69) is 4.99 Å². The van der Waals surface area contributed by atoms with Gasteiger partial charge in [-0.3, -0.25) is 4.99 Å². The number of rotatable bonds is 6. The first-order valence-corrected chi connectivity index (χ1v) is 11.3. The quantitative estimate of drug-likeness (QED) is 0.412. The third-order valence-corrected chi connectivity index (χ3v) is 6.84. The molecule has 1 aliphatic rings. The lowest BCUT2D eigenvalue weighted by Crippen LogP contribution is -2.10. The number of thioether (sulfide) groups is 2. The van der Waals surface area contributed by atoms with Crippen molar-refractivity contribution in [1.82, 2.24) is 0 Å². The summed E-state index contributed by atoms with van der Waals surface area (Å²) >= 11 is 3.37. The summed E-state index contributed by atoms with van der Waals surface area (Å²) in [5.41, 5.74) is 1.88. The van der Waals surface area contributed by atoms with Gasteiger partial charge in [0.1, 0.15) is 22.3 Å². The molecule has 1 aliphatic heterocycles. The van der Waals surface area contributed by atoms with Gasteiger partial charge in [-0.15, -0.1) is 0 Å². The number of carbonyl (C=O) groups excluding carboxylic acids is 1. The van der Waals surface area contributed by atoms with Crippen LogP contribution < -0.4 is 10.4 Å². The first-order chi connectivity index (χ1) is 14.6. The largest absolute Gasteiger partial charge is 0.497 e. The maximum absolute atomic E-state index is 12.8. The smallest absolute Gasteiger partial charge is 0.338 e. The van der Waals surface area contributed by atoms with Crippen LogP contribution in [0, 0.1) is 0 Å². The van der Waals surface area contributed by atoms with E-state index < -0.39 is 11.6 Å². The number of hydrogen-bond donors (Lipinski definition) is 0. The molecule has 0 saturated carbocycles. The van der Waals surface area contributed by atoms with Gasteiger partial charge >= 0.3 is 11.6 Å². The summed E-state index contributed by atoms with van der Waals surface area (Å²) in [5.74, 6) is 1.81. The van der Waals surface area contributed by atoms with Crippen molar-refractivity contribution in [2.45, 2.75) is 12.4 Å². The zero-order valence-corrected chi connectivity index (χ0v) is 17.9. The number of fused-ring (bicyclic) bond motifs is 1. The van der Waals surface area contributed by atoms with E-state index in [1.54, 1.807) is 54.9 Å². The number of aliphatic imine (C=N–C) groups is 1. The van der Waals surface area contributed by atoms with Crippen LogP contribution in [-0.4, -0.2) is 29.8 Å². The molecule has 0 fully saturated rings. The summed E-state index contributed by atoms with van der Waals surface area (Å²) in [7, 11) is 1.54. The van der Waals surface area contributed by atoms with Crippen LogP contribution in [0.2, 0.25) is 0 Å². The number of nitrogens with zero attached hydrogens (tertiary/aromatic N) is 1. The van der Waals surface area contributed by atoms with Crippen LogP contribution in [0.25, 0.3) is 11.0 Å². The number of methoxy groups -OCH3 is 1. The highest BCUT2D eigenvalue weighted by molar-refractivity contribution is 8.38. The van der Waals surface area contributed by atoms with Crippen molar-refractivity contribution in [3.05, 3.63) is 75.6 Å². The second kappa shape index (κ2) is 9.40. The lowest BCUT2D eigenvalue weighted by molar-refractivity contribution is 0.0473. The van der Waals surface area contributed by atoms with Crippen molar-refractivity contribution in [3.8, 4) is 5.75 Å². The van der Waals surface area contributed by atoms with Crippen molar-refractivity contribution in [2.75, 3.05) is 19.4 Å². The first kappa shape index (κ1) is 20.6. The predicted octanol–water partition coefficient (Wildman–Crippen LogP) is 4.49. The van der Waals surface area contributed by atoms with Gasteiger partial charge in [-0.05, 0) is 23.8 Å². The Morgan fingerprint density at radius 1 is 1.20 bits per heavy atom. The average molecular weight is 442 g/mol. The molecule has 6 nitrogen and oxygen atoms in total. The van der Waals surface area contributed by atoms with Crippen LogP contribution in [0.4, 0.5) is 0 Å². The van der Waals surface area contributed by atoms with E-state index in [1.165, 1.54) is 6.07 Å². The van der Waals surface area contributed by atoms with Crippen LogP contribution in [0.1, 0.15) is 21.5 Å². The molecule has 154 valence electrons. The van der Waals surface area contributed by atoms with E-state index in [4.69, 9.17) is 13.9 Å². The zero-order chi connectivity index (χ0) is 20.9. The van der Waals surface area contributed by atoms with Crippen molar-refractivity contribution in [3.63, 3.8) is 0 Å². The molecule has 2 heterocycles. The normalized spacial score (nSPS) is 13.3. The summed E-state index contributed by atoms with van der Waals surface area (Å²) < 4.78 is 17.0. The number of carbonyl (C=O) groups is 1. The topological polar surface area (TPSA) is 78.1 Å². The Morgan fingerprint density at radius 3 is 2.87 bits per heavy atom. The van der Waals surface area contributed by atoms with Gasteiger partial charge < -0.3 is 13.9 Å². The third kappa shape index (κ3) is 4.71. The second-order valence-electron chi connectivity index (χ2n) is 6.47. The Morgan fingerprint density at radius 2 is 2.07 bits per heavy atom. The van der Waals surface area contributed by atoms with Crippen molar-refractivity contribution in [1.29, 1.82) is 0 Å². The summed E-state index contributed by atoms with van der Waals surface area (Å²) in [6.07, 6.45) is 0. The van der Waals surface area contributed by atoms with E-state index in [0.717, 1.165) is 22.2 Å². The Bertz CT molecular complexity index is 1170. The summed E-state index contributed by atoms with van der Waals surface area (Å²) in [4.78, 5) is 29.1. The van der Waals surface area contributed by atoms with Crippen LogP contribution in [-0.2, 0) is 17.1 Å². The summed E-state index contributed by atoms with van der Waals surface area (Å²) in [6, 6.07) is 13.9. The number of ether oxygens (including phenoxy) is 2. The molecule has 0 bridgehead atoms. The Balaban J connectivity index is 1.51. The molecule has 4 rings (SSSR count). The van der Waals surface area contributed by atoms with E-state index in [9.17, 15) is 9.59 Å². The molecular weight excluding hydrogens is 422 g/mol. The molecule has 0 amide bonds. The minimum Gasteiger partial charge on any atom is -0.497 e. The van der Waals surface area contributed by atoms with E-state index in [1.807, 2.05) is 18.2 Å². The van der Waals surface area contributed by atoms with Gasteiger partial charge in [-0.2, -0.15) is 0 Å². The Labute approximate surface area is 181 Å². The van der Waals surface area contributed by atoms with E-state index in [-0.39, 0.29) is 6.61 Å². The van der Waals surface area contributed by atoms with Crippen molar-refractivity contribution < 1.29 is 18.7 Å². The minimum absolute atomic E-state index is 0.0305.